The summed E-state index contributed by atoms with van der Waals surface area (Å²) in [4.78, 5) is 0. The van der Waals surface area contributed by atoms with Crippen molar-refractivity contribution >= 4 is 10.0 Å². The van der Waals surface area contributed by atoms with E-state index in [9.17, 15) is 0 Å². The molecule has 68 valence electrons. The van der Waals surface area contributed by atoms with E-state index >= 15 is 0 Å². The summed E-state index contributed by atoms with van der Waals surface area (Å²) in [6, 6.07) is 0.502. The Morgan fingerprint density at radius 2 is 1.82 bits per heavy atom. The maximum atomic E-state index is 5.94. The molecule has 1 aliphatic heterocycles. The van der Waals surface area contributed by atoms with Crippen molar-refractivity contribution in [3.8, 4) is 0 Å². The Bertz CT molecular complexity index is 123. The summed E-state index contributed by atoms with van der Waals surface area (Å²) in [6.07, 6.45) is 10.2. The molecule has 0 bridgehead atoms. The molecule has 1 nitrogen and oxygen atoms in total. The Balaban J connectivity index is 2.38. The van der Waals surface area contributed by atoms with Crippen molar-refractivity contribution in [2.24, 2.45) is 5.73 Å². The van der Waals surface area contributed by atoms with Gasteiger partial charge in [0.15, 0.2) is 0 Å². The van der Waals surface area contributed by atoms with Crippen LogP contribution in [0.3, 0.4) is 0 Å². The molecule has 0 amide bonds. The van der Waals surface area contributed by atoms with Gasteiger partial charge < -0.3 is 5.73 Å². The summed E-state index contributed by atoms with van der Waals surface area (Å²) >= 11 is 0. The van der Waals surface area contributed by atoms with Gasteiger partial charge in [-0.25, -0.2) is 10.0 Å². The first-order valence-electron chi connectivity index (χ1n) is 4.54. The van der Waals surface area contributed by atoms with Crippen LogP contribution in [0.5, 0.6) is 0 Å². The zero-order valence-electron chi connectivity index (χ0n) is 7.81. The summed E-state index contributed by atoms with van der Waals surface area (Å²) in [5, 5.41) is 0. The smallest absolute Gasteiger partial charge is 0.00461 e. The zero-order valence-corrected chi connectivity index (χ0v) is 8.62. The van der Waals surface area contributed by atoms with Crippen molar-refractivity contribution in [1.82, 2.24) is 0 Å². The van der Waals surface area contributed by atoms with Gasteiger partial charge >= 0.3 is 0 Å². The predicted molar refractivity (Wildman–Crippen MR) is 55.6 cm³/mol. The van der Waals surface area contributed by atoms with E-state index in [0.29, 0.717) is 6.04 Å². The van der Waals surface area contributed by atoms with Crippen molar-refractivity contribution in [2.45, 2.75) is 31.7 Å². The summed E-state index contributed by atoms with van der Waals surface area (Å²) in [7, 11) is -0.255. The first-order valence-corrected chi connectivity index (χ1v) is 7.33. The fraction of sp³-hybridized carbons (Fsp3) is 1.00. The van der Waals surface area contributed by atoms with Crippen LogP contribution in [0.1, 0.15) is 25.7 Å². The first-order chi connectivity index (χ1) is 5.10. The van der Waals surface area contributed by atoms with Crippen molar-refractivity contribution < 1.29 is 0 Å². The average Bonchev–Trinajstić information content (AvgIpc) is 1.92. The molecule has 0 spiro atoms. The second-order valence-corrected chi connectivity index (χ2v) is 8.57. The minimum atomic E-state index is -0.255. The number of hydrogen-bond donors (Lipinski definition) is 1. The van der Waals surface area contributed by atoms with Crippen LogP contribution in [0.2, 0.25) is 0 Å². The molecule has 0 aromatic heterocycles. The highest BCUT2D eigenvalue weighted by Crippen LogP contribution is 2.42. The minimum Gasteiger partial charge on any atom is -0.328 e. The minimum absolute atomic E-state index is 0.255. The van der Waals surface area contributed by atoms with Gasteiger partial charge in [-0.1, -0.05) is 6.42 Å². The van der Waals surface area contributed by atoms with Gasteiger partial charge in [-0.2, -0.15) is 0 Å². The lowest BCUT2D eigenvalue weighted by Gasteiger charge is -2.34. The van der Waals surface area contributed by atoms with Gasteiger partial charge in [0.2, 0.25) is 0 Å². The monoisotopic (exact) mass is 175 g/mol. The van der Waals surface area contributed by atoms with Gasteiger partial charge in [0.1, 0.15) is 0 Å². The van der Waals surface area contributed by atoms with Crippen LogP contribution in [0, 0.1) is 0 Å². The molecule has 1 fully saturated rings. The third-order valence-electron chi connectivity index (χ3n) is 2.56. The number of hydrogen-bond acceptors (Lipinski definition) is 1. The first kappa shape index (κ1) is 9.40. The molecule has 11 heavy (non-hydrogen) atoms. The highest BCUT2D eigenvalue weighted by atomic mass is 32.3. The quantitative estimate of drug-likeness (QED) is 0.598. The van der Waals surface area contributed by atoms with E-state index in [0.717, 1.165) is 0 Å². The summed E-state index contributed by atoms with van der Waals surface area (Å²) < 4.78 is 0. The molecule has 1 atom stereocenters. The lowest BCUT2D eigenvalue weighted by Crippen LogP contribution is -2.25. The van der Waals surface area contributed by atoms with Crippen molar-refractivity contribution in [1.29, 1.82) is 0 Å². The van der Waals surface area contributed by atoms with E-state index in [-0.39, 0.29) is 10.0 Å². The normalized spacial score (nSPS) is 35.4. The van der Waals surface area contributed by atoms with E-state index < -0.39 is 0 Å². The molecule has 0 aromatic rings. The maximum Gasteiger partial charge on any atom is 0.00461 e. The van der Waals surface area contributed by atoms with Crippen LogP contribution < -0.4 is 5.73 Å². The molecular formula is C9H21NS. The van der Waals surface area contributed by atoms with Crippen LogP contribution in [-0.4, -0.2) is 30.1 Å². The second-order valence-electron chi connectivity index (χ2n) is 4.22. The Kier molecular flexibility index (Phi) is 3.26. The van der Waals surface area contributed by atoms with Gasteiger partial charge in [-0.15, -0.1) is 0 Å². The van der Waals surface area contributed by atoms with Gasteiger partial charge in [-0.05, 0) is 43.3 Å². The van der Waals surface area contributed by atoms with Gasteiger partial charge in [0, 0.05) is 6.04 Å². The van der Waals surface area contributed by atoms with Crippen LogP contribution in [0.15, 0.2) is 0 Å². The molecule has 1 aliphatic rings. The SMILES string of the molecule is CS1(C)CCCCC(N)CC1. The van der Waals surface area contributed by atoms with Crippen LogP contribution in [-0.2, 0) is 0 Å². The van der Waals surface area contributed by atoms with Gasteiger partial charge in [0.05, 0.1) is 0 Å². The molecule has 1 rings (SSSR count). The van der Waals surface area contributed by atoms with Crippen molar-refractivity contribution in [3.05, 3.63) is 0 Å². The highest BCUT2D eigenvalue weighted by molar-refractivity contribution is 8.32. The number of rotatable bonds is 0. The molecule has 1 unspecified atom stereocenters. The van der Waals surface area contributed by atoms with Gasteiger partial charge in [-0.3, -0.25) is 0 Å². The molecule has 1 saturated heterocycles. The molecule has 0 saturated carbocycles. The van der Waals surface area contributed by atoms with E-state index in [4.69, 9.17) is 5.73 Å². The lowest BCUT2D eigenvalue weighted by molar-refractivity contribution is 0.558. The third kappa shape index (κ3) is 3.48. The highest BCUT2D eigenvalue weighted by Gasteiger charge is 2.16. The predicted octanol–water partition coefficient (Wildman–Crippen LogP) is 1.95. The van der Waals surface area contributed by atoms with E-state index in [1.165, 1.54) is 37.2 Å². The fourth-order valence-corrected chi connectivity index (χ4v) is 3.75. The Morgan fingerprint density at radius 3 is 2.55 bits per heavy atom. The third-order valence-corrected chi connectivity index (χ3v) is 5.30. The largest absolute Gasteiger partial charge is 0.328 e. The van der Waals surface area contributed by atoms with E-state index in [2.05, 4.69) is 12.5 Å². The van der Waals surface area contributed by atoms with Crippen LogP contribution in [0.25, 0.3) is 0 Å². The summed E-state index contributed by atoms with van der Waals surface area (Å²) in [5.74, 6) is 2.87. The summed E-state index contributed by atoms with van der Waals surface area (Å²) in [5.41, 5.74) is 5.94. The molecule has 1 heterocycles. The topological polar surface area (TPSA) is 26.0 Å². The Hall–Kier alpha value is 0.310. The van der Waals surface area contributed by atoms with Crippen LogP contribution >= 0.6 is 10.0 Å². The average molecular weight is 175 g/mol. The molecule has 0 aliphatic carbocycles. The van der Waals surface area contributed by atoms with E-state index in [1.54, 1.807) is 0 Å². The molecule has 2 heteroatoms. The number of nitrogens with two attached hydrogens (primary N) is 1. The maximum absolute atomic E-state index is 5.94. The molecular weight excluding hydrogens is 154 g/mol. The summed E-state index contributed by atoms with van der Waals surface area (Å²) in [6.45, 7) is 0. The Labute approximate surface area is 72.1 Å². The standard InChI is InChI=1S/C9H21NS/c1-11(2)7-4-3-5-9(10)6-8-11/h9H,3-8,10H2,1-2H3. The van der Waals surface area contributed by atoms with Crippen molar-refractivity contribution in [2.75, 3.05) is 24.0 Å². The van der Waals surface area contributed by atoms with Gasteiger partial charge in [0.25, 0.3) is 0 Å². The molecule has 0 aromatic carbocycles. The molecule has 0 radical (unpaired) electrons. The fourth-order valence-electron chi connectivity index (χ4n) is 1.62. The van der Waals surface area contributed by atoms with E-state index in [1.807, 2.05) is 0 Å². The van der Waals surface area contributed by atoms with Crippen molar-refractivity contribution in [3.63, 3.8) is 0 Å². The zero-order chi connectivity index (χ0) is 8.32. The Morgan fingerprint density at radius 1 is 1.09 bits per heavy atom. The molecule has 2 N–H and O–H groups in total. The lowest BCUT2D eigenvalue weighted by atomic mass is 10.1. The second kappa shape index (κ2) is 3.81. The van der Waals surface area contributed by atoms with Crippen LogP contribution in [0.4, 0.5) is 0 Å².